The number of nitrogens with one attached hydrogen (secondary N) is 1. The fourth-order valence-electron chi connectivity index (χ4n) is 4.99. The highest BCUT2D eigenvalue weighted by Crippen LogP contribution is 2.36. The van der Waals surface area contributed by atoms with Crippen LogP contribution >= 0.6 is 0 Å². The van der Waals surface area contributed by atoms with Crippen LogP contribution in [0.25, 0.3) is 10.9 Å². The molecule has 3 aromatic rings. The minimum atomic E-state index is -0.636. The van der Waals surface area contributed by atoms with E-state index in [1.807, 2.05) is 6.20 Å². The van der Waals surface area contributed by atoms with Crippen molar-refractivity contribution in [3.05, 3.63) is 64.6 Å². The van der Waals surface area contributed by atoms with E-state index in [9.17, 15) is 13.6 Å². The van der Waals surface area contributed by atoms with Gasteiger partial charge < -0.3 is 15.5 Å². The van der Waals surface area contributed by atoms with Crippen LogP contribution in [0.4, 0.5) is 8.78 Å². The van der Waals surface area contributed by atoms with Gasteiger partial charge in [-0.1, -0.05) is 6.07 Å². The smallest absolute Gasteiger partial charge is 0.249 e. The monoisotopic (exact) mass is 453 g/mol. The van der Waals surface area contributed by atoms with Gasteiger partial charge >= 0.3 is 0 Å². The van der Waals surface area contributed by atoms with E-state index in [0.717, 1.165) is 48.0 Å². The van der Waals surface area contributed by atoms with E-state index in [1.165, 1.54) is 18.9 Å². The first-order valence-corrected chi connectivity index (χ1v) is 11.7. The first-order valence-electron chi connectivity index (χ1n) is 11.7. The lowest BCUT2D eigenvalue weighted by Crippen LogP contribution is -2.45. The van der Waals surface area contributed by atoms with Crippen LogP contribution in [0, 0.1) is 11.7 Å². The fraction of sp³-hybridized carbons (Fsp3) is 0.423. The van der Waals surface area contributed by atoms with Crippen molar-refractivity contribution in [1.82, 2.24) is 9.88 Å². The Morgan fingerprint density at radius 2 is 2.06 bits per heavy atom. The number of alkyl halides is 1. The molecule has 5 rings (SSSR count). The van der Waals surface area contributed by atoms with Gasteiger partial charge in [0.1, 0.15) is 24.8 Å². The quantitative estimate of drug-likeness (QED) is 0.500. The average Bonchev–Trinajstić information content (AvgIpc) is 3.55. The molecule has 1 aromatic heterocycles. The van der Waals surface area contributed by atoms with Gasteiger partial charge in [-0.2, -0.15) is 0 Å². The van der Waals surface area contributed by atoms with Crippen molar-refractivity contribution in [2.24, 2.45) is 11.7 Å². The molecule has 174 valence electrons. The van der Waals surface area contributed by atoms with Crippen LogP contribution in [0.2, 0.25) is 0 Å². The second-order valence-corrected chi connectivity index (χ2v) is 9.29. The maximum atomic E-state index is 13.7. The second kappa shape index (κ2) is 9.14. The van der Waals surface area contributed by atoms with Gasteiger partial charge in [-0.15, -0.1) is 0 Å². The molecule has 1 aliphatic heterocycles. The number of nitrogens with two attached hydrogens (primary N) is 1. The van der Waals surface area contributed by atoms with E-state index >= 15 is 0 Å². The van der Waals surface area contributed by atoms with Crippen molar-refractivity contribution in [2.75, 3.05) is 19.7 Å². The van der Waals surface area contributed by atoms with Crippen molar-refractivity contribution in [3.8, 4) is 5.75 Å². The van der Waals surface area contributed by atoms with Crippen molar-refractivity contribution >= 4 is 16.8 Å². The van der Waals surface area contributed by atoms with Crippen LogP contribution in [0.1, 0.15) is 46.3 Å². The zero-order valence-corrected chi connectivity index (χ0v) is 18.6. The molecular weight excluding hydrogens is 424 g/mol. The topological polar surface area (TPSA) is 71.4 Å². The number of nitrogens with zero attached hydrogens (tertiary/aromatic N) is 1. The summed E-state index contributed by atoms with van der Waals surface area (Å²) in [6.45, 7) is 1.69. The van der Waals surface area contributed by atoms with Crippen LogP contribution in [0.5, 0.6) is 5.75 Å². The molecule has 0 saturated heterocycles. The largest absolute Gasteiger partial charge is 0.491 e. The molecule has 0 spiro atoms. The molecule has 7 heteroatoms. The third-order valence-electron chi connectivity index (χ3n) is 6.94. The number of carbonyl (C=O) groups is 1. The predicted molar refractivity (Wildman–Crippen MR) is 124 cm³/mol. The van der Waals surface area contributed by atoms with Gasteiger partial charge in [0, 0.05) is 46.4 Å². The number of rotatable bonds is 9. The molecule has 2 heterocycles. The summed E-state index contributed by atoms with van der Waals surface area (Å²) in [6, 6.07) is 8.13. The summed E-state index contributed by atoms with van der Waals surface area (Å²) in [4.78, 5) is 17.7. The van der Waals surface area contributed by atoms with E-state index in [0.29, 0.717) is 35.8 Å². The second-order valence-electron chi connectivity index (χ2n) is 9.29. The molecule has 1 unspecified atom stereocenters. The van der Waals surface area contributed by atoms with Crippen LogP contribution in [-0.2, 0) is 19.5 Å². The molecule has 1 atom stereocenters. The Kier molecular flexibility index (Phi) is 6.06. The van der Waals surface area contributed by atoms with E-state index in [-0.39, 0.29) is 11.9 Å². The van der Waals surface area contributed by atoms with Crippen LogP contribution in [0.3, 0.4) is 0 Å². The number of aryl methyl sites for hydroxylation is 1. The highest BCUT2D eigenvalue weighted by molar-refractivity contribution is 5.95. The minimum absolute atomic E-state index is 0.103. The summed E-state index contributed by atoms with van der Waals surface area (Å²) in [5.74, 6) is 0.439. The van der Waals surface area contributed by atoms with Crippen molar-refractivity contribution in [1.29, 1.82) is 0 Å². The summed E-state index contributed by atoms with van der Waals surface area (Å²) in [6.07, 6.45) is 6.82. The summed E-state index contributed by atoms with van der Waals surface area (Å²) in [5, 5.41) is 0.934. The lowest BCUT2D eigenvalue weighted by Gasteiger charge is -2.36. The molecular formula is C26H29F2N3O2. The van der Waals surface area contributed by atoms with E-state index < -0.39 is 12.6 Å². The lowest BCUT2D eigenvalue weighted by atomic mass is 9.93. The van der Waals surface area contributed by atoms with Gasteiger partial charge in [0.2, 0.25) is 5.91 Å². The predicted octanol–water partition coefficient (Wildman–Crippen LogP) is 4.52. The normalized spacial score (nSPS) is 17.8. The van der Waals surface area contributed by atoms with Crippen molar-refractivity contribution < 1.29 is 18.3 Å². The van der Waals surface area contributed by atoms with E-state index in [4.69, 9.17) is 10.5 Å². The Balaban J connectivity index is 1.31. The number of carbonyl (C=O) groups excluding carboxylic acids is 1. The number of aromatic nitrogens is 1. The highest BCUT2D eigenvalue weighted by atomic mass is 19.1. The van der Waals surface area contributed by atoms with Gasteiger partial charge in [0.05, 0.1) is 0 Å². The number of fused-ring (bicyclic) bond motifs is 2. The Morgan fingerprint density at radius 1 is 1.21 bits per heavy atom. The van der Waals surface area contributed by atoms with Gasteiger partial charge in [0.15, 0.2) is 0 Å². The third-order valence-corrected chi connectivity index (χ3v) is 6.94. The Bertz CT molecular complexity index is 1170. The number of H-pyrrole nitrogens is 1. The highest BCUT2D eigenvalue weighted by Gasteiger charge is 2.33. The maximum absolute atomic E-state index is 13.7. The SMILES string of the molecule is NC(=O)c1ccc(CF)c2c1CC(N(CCCc1c[nH]c3ccc(F)cc13)CC1CC1)CO2. The molecule has 1 aliphatic carbocycles. The van der Waals surface area contributed by atoms with Crippen LogP contribution < -0.4 is 10.5 Å². The lowest BCUT2D eigenvalue weighted by molar-refractivity contribution is 0.0982. The Labute approximate surface area is 191 Å². The summed E-state index contributed by atoms with van der Waals surface area (Å²) in [7, 11) is 0. The van der Waals surface area contributed by atoms with E-state index in [1.54, 1.807) is 24.3 Å². The zero-order chi connectivity index (χ0) is 22.9. The Morgan fingerprint density at radius 3 is 2.82 bits per heavy atom. The zero-order valence-electron chi connectivity index (χ0n) is 18.6. The summed E-state index contributed by atoms with van der Waals surface area (Å²) < 4.78 is 33.2. The summed E-state index contributed by atoms with van der Waals surface area (Å²) >= 11 is 0. The first kappa shape index (κ1) is 21.9. The minimum Gasteiger partial charge on any atom is -0.491 e. The van der Waals surface area contributed by atoms with Gasteiger partial charge in [-0.3, -0.25) is 9.69 Å². The molecule has 3 N–H and O–H groups in total. The number of hydrogen-bond donors (Lipinski definition) is 2. The molecule has 1 amide bonds. The van der Waals surface area contributed by atoms with Crippen molar-refractivity contribution in [3.63, 3.8) is 0 Å². The number of aromatic amines is 1. The molecule has 5 nitrogen and oxygen atoms in total. The van der Waals surface area contributed by atoms with Crippen LogP contribution in [0.15, 0.2) is 36.5 Å². The molecule has 0 radical (unpaired) electrons. The average molecular weight is 454 g/mol. The van der Waals surface area contributed by atoms with Crippen molar-refractivity contribution in [2.45, 2.75) is 44.8 Å². The number of ether oxygens (including phenoxy) is 1. The number of hydrogen-bond acceptors (Lipinski definition) is 3. The molecule has 1 fully saturated rings. The standard InChI is InChI=1S/C26H29F2N3O2/c27-12-17-5-7-21(26(29)32)23-11-20(15-33-25(17)23)31(14-16-3-4-16)9-1-2-18-13-30-24-8-6-19(28)10-22(18)24/h5-8,10,13,16,20,30H,1-4,9,11-12,14-15H2,(H2,29,32). The molecule has 33 heavy (non-hydrogen) atoms. The van der Waals surface area contributed by atoms with Gasteiger partial charge in [-0.25, -0.2) is 8.78 Å². The van der Waals surface area contributed by atoms with Gasteiger partial charge in [-0.05, 0) is 74.4 Å². The number of benzene rings is 2. The van der Waals surface area contributed by atoms with Gasteiger partial charge in [0.25, 0.3) is 0 Å². The fourth-order valence-corrected chi connectivity index (χ4v) is 4.99. The Hall–Kier alpha value is -2.93. The first-order chi connectivity index (χ1) is 16.0. The molecule has 1 saturated carbocycles. The maximum Gasteiger partial charge on any atom is 0.249 e. The van der Waals surface area contributed by atoms with E-state index in [2.05, 4.69) is 9.88 Å². The number of halogens is 2. The number of amides is 1. The number of primary amides is 1. The molecule has 2 aromatic carbocycles. The summed E-state index contributed by atoms with van der Waals surface area (Å²) in [5.41, 5.74) is 9.27. The van der Waals surface area contributed by atoms with Crippen LogP contribution in [-0.4, -0.2) is 41.5 Å². The molecule has 0 bridgehead atoms. The third kappa shape index (κ3) is 4.60. The molecule has 2 aliphatic rings.